The first-order chi connectivity index (χ1) is 13.3. The van der Waals surface area contributed by atoms with E-state index in [4.69, 9.17) is 9.66 Å². The second-order valence-corrected chi connectivity index (χ2v) is 7.64. The van der Waals surface area contributed by atoms with E-state index in [-0.39, 0.29) is 48.8 Å². The van der Waals surface area contributed by atoms with Gasteiger partial charge in [0, 0.05) is 25.7 Å². The lowest BCUT2D eigenvalue weighted by Gasteiger charge is -1.92. The van der Waals surface area contributed by atoms with E-state index < -0.39 is 16.1 Å². The van der Waals surface area contributed by atoms with E-state index in [1.54, 1.807) is 6.92 Å². The van der Waals surface area contributed by atoms with E-state index in [2.05, 4.69) is 20.6 Å². The molecule has 1 rings (SSSR count). The number of hydrogen-bond donors (Lipinski definition) is 3. The number of carboxylic acid groups (broad SMARTS) is 1. The van der Waals surface area contributed by atoms with Gasteiger partial charge in [-0.3, -0.25) is 9.35 Å². The average Bonchev–Trinajstić information content (AvgIpc) is 3.05. The molecule has 12 nitrogen and oxygen atoms in total. The summed E-state index contributed by atoms with van der Waals surface area (Å²) in [4.78, 5) is 40.6. The Morgan fingerprint density at radius 1 is 0.897 bits per heavy atom. The van der Waals surface area contributed by atoms with E-state index in [9.17, 15) is 27.6 Å². The van der Waals surface area contributed by atoms with Crippen molar-refractivity contribution in [3.8, 4) is 0 Å². The third-order valence-corrected chi connectivity index (χ3v) is 3.75. The van der Waals surface area contributed by atoms with Crippen LogP contribution in [-0.2, 0) is 35.7 Å². The van der Waals surface area contributed by atoms with Crippen molar-refractivity contribution >= 4 is 33.4 Å². The van der Waals surface area contributed by atoms with E-state index in [0.717, 1.165) is 12.8 Å². The van der Waals surface area contributed by atoms with Gasteiger partial charge in [0.1, 0.15) is 17.3 Å². The monoisotopic (exact) mass is 436 g/mol. The summed E-state index contributed by atoms with van der Waals surface area (Å²) in [5.74, 6) is -0.511. The fourth-order valence-corrected chi connectivity index (χ4v) is 2.08. The molecule has 0 atom stereocenters. The Morgan fingerprint density at radius 3 is 1.76 bits per heavy atom. The molecule has 29 heavy (non-hydrogen) atoms. The van der Waals surface area contributed by atoms with Crippen molar-refractivity contribution in [3.63, 3.8) is 0 Å². The Balaban J connectivity index is 0. The first-order valence-corrected chi connectivity index (χ1v) is 10.3. The number of ketones is 3. The number of H-pyrrole nitrogens is 1. The van der Waals surface area contributed by atoms with Gasteiger partial charge in [0.2, 0.25) is 0 Å². The lowest BCUT2D eigenvalue weighted by atomic mass is 10.2. The summed E-state index contributed by atoms with van der Waals surface area (Å²) in [5, 5.41) is 21.3. The molecule has 0 amide bonds. The molecule has 0 unspecified atom stereocenters. The van der Waals surface area contributed by atoms with Crippen molar-refractivity contribution < 1.29 is 37.3 Å². The number of carbonyl (C=O) groups excluding carboxylic acids is 3. The zero-order valence-electron chi connectivity index (χ0n) is 16.8. The summed E-state index contributed by atoms with van der Waals surface area (Å²) in [6.45, 7) is 4.34. The molecule has 1 aromatic rings. The van der Waals surface area contributed by atoms with E-state index >= 15 is 0 Å². The summed E-state index contributed by atoms with van der Waals surface area (Å²) in [6, 6.07) is 0. The van der Waals surface area contributed by atoms with Crippen LogP contribution >= 0.6 is 0 Å². The molecule has 3 N–H and O–H groups in total. The molecule has 0 saturated heterocycles. The SMILES string of the molecule is CC(=O)CCC(=O)O.CC(=O)CCCS(=O)(=O)O.CC(=O)CCCc1nn[nH]n1. The predicted molar refractivity (Wildman–Crippen MR) is 102 cm³/mol. The molecule has 0 radical (unpaired) electrons. The second kappa shape index (κ2) is 16.4. The first-order valence-electron chi connectivity index (χ1n) is 8.71. The van der Waals surface area contributed by atoms with Crippen LogP contribution in [0.2, 0.25) is 0 Å². The normalized spacial score (nSPS) is 10.1. The number of aromatic amines is 1. The summed E-state index contributed by atoms with van der Waals surface area (Å²) >= 11 is 0. The first kappa shape index (κ1) is 28.7. The molecule has 0 aliphatic heterocycles. The quantitative estimate of drug-likeness (QED) is 0.414. The van der Waals surface area contributed by atoms with Crippen LogP contribution in [-0.4, -0.2) is 67.8 Å². The van der Waals surface area contributed by atoms with Crippen molar-refractivity contribution in [2.24, 2.45) is 0 Å². The van der Waals surface area contributed by atoms with Crippen LogP contribution in [0.5, 0.6) is 0 Å². The highest BCUT2D eigenvalue weighted by molar-refractivity contribution is 7.85. The summed E-state index contributed by atoms with van der Waals surface area (Å²) in [5.41, 5.74) is 0. The molecule has 0 aliphatic rings. The lowest BCUT2D eigenvalue weighted by Crippen LogP contribution is -2.05. The molecule has 0 bridgehead atoms. The molecule has 166 valence electrons. The van der Waals surface area contributed by atoms with Crippen molar-refractivity contribution in [2.75, 3.05) is 5.75 Å². The van der Waals surface area contributed by atoms with Crippen LogP contribution in [0.1, 0.15) is 65.1 Å². The number of nitrogens with one attached hydrogen (secondary N) is 1. The minimum Gasteiger partial charge on any atom is -0.481 e. The van der Waals surface area contributed by atoms with Crippen LogP contribution in [0.25, 0.3) is 0 Å². The maximum absolute atomic E-state index is 10.5. The van der Waals surface area contributed by atoms with Gasteiger partial charge in [-0.1, -0.05) is 5.21 Å². The van der Waals surface area contributed by atoms with Crippen molar-refractivity contribution in [1.29, 1.82) is 0 Å². The largest absolute Gasteiger partial charge is 0.481 e. The summed E-state index contributed by atoms with van der Waals surface area (Å²) in [6.07, 6.45) is 2.62. The Hall–Kier alpha value is -2.54. The Bertz CT molecular complexity index is 718. The Morgan fingerprint density at radius 2 is 1.41 bits per heavy atom. The highest BCUT2D eigenvalue weighted by atomic mass is 32.2. The smallest absolute Gasteiger partial charge is 0.303 e. The van der Waals surface area contributed by atoms with E-state index in [1.807, 2.05) is 0 Å². The van der Waals surface area contributed by atoms with Crippen LogP contribution in [0.4, 0.5) is 0 Å². The van der Waals surface area contributed by atoms with Crippen molar-refractivity contribution in [1.82, 2.24) is 20.6 Å². The third kappa shape index (κ3) is 27.8. The zero-order valence-corrected chi connectivity index (χ0v) is 17.6. The lowest BCUT2D eigenvalue weighted by molar-refractivity contribution is -0.138. The molecule has 0 aromatic carbocycles. The fraction of sp³-hybridized carbons (Fsp3) is 0.688. The van der Waals surface area contributed by atoms with Gasteiger partial charge in [-0.2, -0.15) is 13.6 Å². The number of carboxylic acids is 1. The molecule has 0 spiro atoms. The summed E-state index contributed by atoms with van der Waals surface area (Å²) < 4.78 is 28.3. The molecule has 0 saturated carbocycles. The highest BCUT2D eigenvalue weighted by Crippen LogP contribution is 1.96. The van der Waals surface area contributed by atoms with Gasteiger partial charge in [-0.15, -0.1) is 10.2 Å². The van der Waals surface area contributed by atoms with Gasteiger partial charge in [-0.05, 0) is 33.6 Å². The maximum atomic E-state index is 10.5. The van der Waals surface area contributed by atoms with Crippen molar-refractivity contribution in [3.05, 3.63) is 5.82 Å². The number of aryl methyl sites for hydroxylation is 1. The minimum absolute atomic E-state index is 0.0463. The van der Waals surface area contributed by atoms with Crippen LogP contribution in [0, 0.1) is 0 Å². The molecule has 1 heterocycles. The number of rotatable bonds is 11. The molecule has 0 aliphatic carbocycles. The van der Waals surface area contributed by atoms with Gasteiger partial charge < -0.3 is 19.5 Å². The molecule has 13 heteroatoms. The van der Waals surface area contributed by atoms with Crippen LogP contribution < -0.4 is 0 Å². The zero-order chi connectivity index (χ0) is 22.9. The van der Waals surface area contributed by atoms with Gasteiger partial charge >= 0.3 is 5.97 Å². The van der Waals surface area contributed by atoms with Crippen LogP contribution in [0.15, 0.2) is 0 Å². The number of aromatic nitrogens is 4. The summed E-state index contributed by atoms with van der Waals surface area (Å²) in [7, 11) is -3.87. The van der Waals surface area contributed by atoms with Gasteiger partial charge in [0.15, 0.2) is 5.82 Å². The number of hydrogen-bond acceptors (Lipinski definition) is 9. The number of carbonyl (C=O) groups is 4. The van der Waals surface area contributed by atoms with Crippen LogP contribution in [0.3, 0.4) is 0 Å². The van der Waals surface area contributed by atoms with E-state index in [0.29, 0.717) is 12.2 Å². The predicted octanol–water partition coefficient (Wildman–Crippen LogP) is 0.795. The Kier molecular flexibility index (Phi) is 16.2. The maximum Gasteiger partial charge on any atom is 0.303 e. The Labute approximate surface area is 169 Å². The number of Topliss-reactive ketones (excluding diaryl/α,β-unsaturated/α-hetero) is 3. The average molecular weight is 436 g/mol. The number of nitrogens with zero attached hydrogens (tertiary/aromatic N) is 3. The van der Waals surface area contributed by atoms with Gasteiger partial charge in [0.05, 0.1) is 12.2 Å². The fourth-order valence-electron chi connectivity index (χ4n) is 1.57. The van der Waals surface area contributed by atoms with Crippen molar-refractivity contribution in [2.45, 2.75) is 65.7 Å². The molecule has 0 fully saturated rings. The standard InChI is InChI=1S/C6H10N4O.C5H10O4S.C5H8O3/c1-5(11)3-2-4-6-7-9-10-8-6;1-5(6)3-2-4-10(7,8)9;1-4(6)2-3-5(7)8/h2-4H2,1H3,(H,7,8,9,10);2-4H2,1H3,(H,7,8,9);2-3H2,1H3,(H,7,8). The second-order valence-electron chi connectivity index (χ2n) is 6.07. The van der Waals surface area contributed by atoms with E-state index in [1.165, 1.54) is 13.8 Å². The molecular formula is C16H28N4O8S. The topological polar surface area (TPSA) is 197 Å². The highest BCUT2D eigenvalue weighted by Gasteiger charge is 2.04. The van der Waals surface area contributed by atoms with Gasteiger partial charge in [-0.25, -0.2) is 0 Å². The third-order valence-electron chi connectivity index (χ3n) is 2.94. The molecule has 1 aromatic heterocycles. The number of tetrazole rings is 1. The molecular weight excluding hydrogens is 408 g/mol. The van der Waals surface area contributed by atoms with Gasteiger partial charge in [0.25, 0.3) is 10.1 Å². The number of aliphatic carboxylic acids is 1. The minimum atomic E-state index is -3.87.